The molecule has 0 unspecified atom stereocenters. The molecule has 72 valence electrons. The van der Waals surface area contributed by atoms with E-state index in [0.29, 0.717) is 0 Å². The molecule has 0 heterocycles. The lowest BCUT2D eigenvalue weighted by Gasteiger charge is -2.18. The zero-order valence-electron chi connectivity index (χ0n) is 7.83. The maximum atomic E-state index is 8.74. The summed E-state index contributed by atoms with van der Waals surface area (Å²) in [4.78, 5) is 2.21. The van der Waals surface area contributed by atoms with Crippen LogP contribution in [0.5, 0.6) is 0 Å². The van der Waals surface area contributed by atoms with Crippen LogP contribution in [-0.2, 0) is 0 Å². The summed E-state index contributed by atoms with van der Waals surface area (Å²) >= 11 is 1.86. The van der Waals surface area contributed by atoms with Crippen molar-refractivity contribution < 1.29 is 5.11 Å². The highest BCUT2D eigenvalue weighted by Crippen LogP contribution is 1.98. The van der Waals surface area contributed by atoms with Gasteiger partial charge in [0, 0.05) is 13.1 Å². The second kappa shape index (κ2) is 9.10. The van der Waals surface area contributed by atoms with Crippen molar-refractivity contribution in [1.82, 2.24) is 4.90 Å². The number of aliphatic hydroxyl groups excluding tert-OH is 1. The highest BCUT2D eigenvalue weighted by atomic mass is 32.2. The van der Waals surface area contributed by atoms with Gasteiger partial charge in [0.15, 0.2) is 0 Å². The molecule has 0 aliphatic heterocycles. The predicted octanol–water partition coefficient (Wildman–Crippen LogP) is 1.22. The van der Waals surface area contributed by atoms with E-state index in [9.17, 15) is 0 Å². The van der Waals surface area contributed by atoms with E-state index in [1.807, 2.05) is 17.8 Å². The lowest BCUT2D eigenvalue weighted by atomic mass is 10.4. The lowest BCUT2D eigenvalue weighted by molar-refractivity contribution is 0.209. The minimum atomic E-state index is 0.243. The van der Waals surface area contributed by atoms with Crippen LogP contribution in [0.15, 0.2) is 12.7 Å². The topological polar surface area (TPSA) is 23.5 Å². The van der Waals surface area contributed by atoms with Crippen molar-refractivity contribution in [3.63, 3.8) is 0 Å². The van der Waals surface area contributed by atoms with Crippen molar-refractivity contribution in [3.05, 3.63) is 12.7 Å². The molecule has 1 N–H and O–H groups in total. The molecule has 0 aromatic rings. The first-order valence-electron chi connectivity index (χ1n) is 4.28. The fraction of sp³-hybridized carbons (Fsp3) is 0.778. The van der Waals surface area contributed by atoms with Crippen LogP contribution in [0.25, 0.3) is 0 Å². The minimum Gasteiger partial charge on any atom is -0.395 e. The Morgan fingerprint density at radius 1 is 1.50 bits per heavy atom. The first-order chi connectivity index (χ1) is 5.85. The van der Waals surface area contributed by atoms with E-state index < -0.39 is 0 Å². The van der Waals surface area contributed by atoms with Gasteiger partial charge in [-0.2, -0.15) is 11.8 Å². The molecule has 3 heteroatoms. The molecular weight excluding hydrogens is 170 g/mol. The van der Waals surface area contributed by atoms with Crippen LogP contribution in [0.1, 0.15) is 6.42 Å². The summed E-state index contributed by atoms with van der Waals surface area (Å²) in [5.74, 6) is 1.19. The number of hydrogen-bond acceptors (Lipinski definition) is 3. The number of nitrogens with zero attached hydrogens (tertiary/aromatic N) is 1. The van der Waals surface area contributed by atoms with Gasteiger partial charge < -0.3 is 5.11 Å². The predicted molar refractivity (Wildman–Crippen MR) is 56.7 cm³/mol. The van der Waals surface area contributed by atoms with E-state index >= 15 is 0 Å². The summed E-state index contributed by atoms with van der Waals surface area (Å²) in [5, 5.41) is 8.74. The van der Waals surface area contributed by atoms with E-state index in [4.69, 9.17) is 5.11 Å². The van der Waals surface area contributed by atoms with Crippen LogP contribution in [-0.4, -0.2) is 48.3 Å². The van der Waals surface area contributed by atoms with Crippen LogP contribution in [0.2, 0.25) is 0 Å². The molecule has 0 aliphatic rings. The molecule has 2 nitrogen and oxygen atoms in total. The van der Waals surface area contributed by atoms with Gasteiger partial charge in [0.05, 0.1) is 6.61 Å². The van der Waals surface area contributed by atoms with Gasteiger partial charge in [0.1, 0.15) is 0 Å². The molecule has 0 aliphatic carbocycles. The van der Waals surface area contributed by atoms with Crippen molar-refractivity contribution in [2.75, 3.05) is 38.2 Å². The normalized spacial score (nSPS) is 10.6. The minimum absolute atomic E-state index is 0.243. The highest BCUT2D eigenvalue weighted by molar-refractivity contribution is 7.98. The van der Waals surface area contributed by atoms with Crippen molar-refractivity contribution in [2.45, 2.75) is 6.42 Å². The Balaban J connectivity index is 3.40. The lowest BCUT2D eigenvalue weighted by Crippen LogP contribution is -2.28. The van der Waals surface area contributed by atoms with E-state index in [2.05, 4.69) is 17.7 Å². The Hall–Kier alpha value is 0.0100. The molecule has 0 bridgehead atoms. The Labute approximate surface area is 79.6 Å². The van der Waals surface area contributed by atoms with E-state index in [1.165, 1.54) is 12.2 Å². The summed E-state index contributed by atoms with van der Waals surface area (Å²) in [7, 11) is 0. The maximum Gasteiger partial charge on any atom is 0.0558 e. The third kappa shape index (κ3) is 6.70. The highest BCUT2D eigenvalue weighted by Gasteiger charge is 1.99. The summed E-state index contributed by atoms with van der Waals surface area (Å²) in [6.45, 7) is 6.64. The molecule has 0 spiro atoms. The Kier molecular flexibility index (Phi) is 9.11. The smallest absolute Gasteiger partial charge is 0.0558 e. The Morgan fingerprint density at radius 2 is 2.25 bits per heavy atom. The SMILES string of the molecule is C=CCN(CCO)CCCSC. The van der Waals surface area contributed by atoms with Gasteiger partial charge in [-0.1, -0.05) is 6.08 Å². The molecule has 0 aromatic carbocycles. The van der Waals surface area contributed by atoms with Crippen LogP contribution < -0.4 is 0 Å². The summed E-state index contributed by atoms with van der Waals surface area (Å²) < 4.78 is 0. The van der Waals surface area contributed by atoms with Crippen molar-refractivity contribution in [3.8, 4) is 0 Å². The fourth-order valence-corrected chi connectivity index (χ4v) is 1.47. The molecule has 0 radical (unpaired) electrons. The van der Waals surface area contributed by atoms with E-state index in [-0.39, 0.29) is 6.61 Å². The largest absolute Gasteiger partial charge is 0.395 e. The molecule has 0 atom stereocenters. The monoisotopic (exact) mass is 189 g/mol. The number of aliphatic hydroxyl groups is 1. The van der Waals surface area contributed by atoms with Gasteiger partial charge in [-0.15, -0.1) is 6.58 Å². The number of thioether (sulfide) groups is 1. The molecule has 0 saturated carbocycles. The third-order valence-corrected chi connectivity index (χ3v) is 2.32. The average molecular weight is 189 g/mol. The van der Waals surface area contributed by atoms with Gasteiger partial charge >= 0.3 is 0 Å². The van der Waals surface area contributed by atoms with Gasteiger partial charge in [-0.25, -0.2) is 0 Å². The number of rotatable bonds is 8. The van der Waals surface area contributed by atoms with Gasteiger partial charge in [0.2, 0.25) is 0 Å². The van der Waals surface area contributed by atoms with Gasteiger partial charge in [-0.3, -0.25) is 4.90 Å². The molecule has 0 amide bonds. The van der Waals surface area contributed by atoms with Crippen LogP contribution in [0.4, 0.5) is 0 Å². The molecule has 0 aromatic heterocycles. The van der Waals surface area contributed by atoms with Crippen molar-refractivity contribution >= 4 is 11.8 Å². The number of hydrogen-bond donors (Lipinski definition) is 1. The van der Waals surface area contributed by atoms with Crippen LogP contribution >= 0.6 is 11.8 Å². The van der Waals surface area contributed by atoms with E-state index in [0.717, 1.165) is 19.6 Å². The second-order valence-corrected chi connectivity index (χ2v) is 3.64. The second-order valence-electron chi connectivity index (χ2n) is 2.66. The Morgan fingerprint density at radius 3 is 2.75 bits per heavy atom. The zero-order chi connectivity index (χ0) is 9.23. The average Bonchev–Trinajstić information content (AvgIpc) is 2.06. The summed E-state index contributed by atoms with van der Waals surface area (Å²) in [6.07, 6.45) is 5.19. The zero-order valence-corrected chi connectivity index (χ0v) is 8.65. The quantitative estimate of drug-likeness (QED) is 0.459. The molecular formula is C9H19NOS. The van der Waals surface area contributed by atoms with Crippen molar-refractivity contribution in [1.29, 1.82) is 0 Å². The first kappa shape index (κ1) is 12.0. The summed E-state index contributed by atoms with van der Waals surface area (Å²) in [6, 6.07) is 0. The molecule has 0 rings (SSSR count). The summed E-state index contributed by atoms with van der Waals surface area (Å²) in [5.41, 5.74) is 0. The standard InChI is InChI=1S/C9H19NOS/c1-3-5-10(7-8-11)6-4-9-12-2/h3,11H,1,4-9H2,2H3. The third-order valence-electron chi connectivity index (χ3n) is 1.63. The molecule has 12 heavy (non-hydrogen) atoms. The first-order valence-corrected chi connectivity index (χ1v) is 5.67. The van der Waals surface area contributed by atoms with Gasteiger partial charge in [-0.05, 0) is 25.0 Å². The van der Waals surface area contributed by atoms with Gasteiger partial charge in [0.25, 0.3) is 0 Å². The molecule has 0 saturated heterocycles. The maximum absolute atomic E-state index is 8.74. The van der Waals surface area contributed by atoms with Crippen LogP contribution in [0.3, 0.4) is 0 Å². The Bertz CT molecular complexity index is 109. The van der Waals surface area contributed by atoms with Crippen molar-refractivity contribution in [2.24, 2.45) is 0 Å². The van der Waals surface area contributed by atoms with Crippen LogP contribution in [0, 0.1) is 0 Å². The molecule has 0 fully saturated rings. The fourth-order valence-electron chi connectivity index (χ4n) is 1.05. The van der Waals surface area contributed by atoms with E-state index in [1.54, 1.807) is 0 Å².